The Labute approximate surface area is 178 Å². The van der Waals surface area contributed by atoms with E-state index >= 15 is 0 Å². The minimum atomic E-state index is -0.557. The monoisotopic (exact) mass is 407 g/mol. The van der Waals surface area contributed by atoms with E-state index in [9.17, 15) is 9.59 Å². The molecular formula is C25H29NO4. The van der Waals surface area contributed by atoms with Gasteiger partial charge in [0.1, 0.15) is 17.4 Å². The molecule has 0 aromatic heterocycles. The van der Waals surface area contributed by atoms with Gasteiger partial charge in [0.25, 0.3) is 0 Å². The largest absolute Gasteiger partial charge is 0.497 e. The van der Waals surface area contributed by atoms with Crippen molar-refractivity contribution in [2.45, 2.75) is 51.8 Å². The zero-order valence-corrected chi connectivity index (χ0v) is 18.1. The first-order chi connectivity index (χ1) is 14.3. The first-order valence-corrected chi connectivity index (χ1v) is 10.2. The third kappa shape index (κ3) is 5.50. The molecule has 1 atom stereocenters. The van der Waals surface area contributed by atoms with Crippen molar-refractivity contribution < 1.29 is 19.1 Å². The van der Waals surface area contributed by atoms with Gasteiger partial charge in [0, 0.05) is 23.9 Å². The van der Waals surface area contributed by atoms with Crippen molar-refractivity contribution in [2.75, 3.05) is 7.11 Å². The second-order valence-corrected chi connectivity index (χ2v) is 8.43. The number of nitrogens with zero attached hydrogens (tertiary/aromatic N) is 1. The molecular weight excluding hydrogens is 378 g/mol. The standard InChI is InChI=1S/C25H29NO4/c1-25(2,3)30-24(28)22-14-13-20(26(22)17-18-9-6-5-7-10-18)16-23(27)19-11-8-12-21(15-19)29-4/h5-12,15-16,22H,13-14,17H2,1-4H3/b20-16+/t22-/m1/s1. The van der Waals surface area contributed by atoms with Crippen LogP contribution in [0.1, 0.15) is 49.5 Å². The second-order valence-electron chi connectivity index (χ2n) is 8.43. The molecule has 0 spiro atoms. The van der Waals surface area contributed by atoms with Crippen LogP contribution in [0.4, 0.5) is 0 Å². The molecule has 0 radical (unpaired) electrons. The average Bonchev–Trinajstić information content (AvgIpc) is 3.10. The molecule has 0 saturated carbocycles. The van der Waals surface area contributed by atoms with Crippen LogP contribution in [0.5, 0.6) is 5.75 Å². The highest BCUT2D eigenvalue weighted by Gasteiger charge is 2.36. The van der Waals surface area contributed by atoms with Gasteiger partial charge in [0.15, 0.2) is 5.78 Å². The van der Waals surface area contributed by atoms with Crippen molar-refractivity contribution >= 4 is 11.8 Å². The fourth-order valence-corrected chi connectivity index (χ4v) is 3.56. The van der Waals surface area contributed by atoms with E-state index in [1.54, 1.807) is 37.5 Å². The Morgan fingerprint density at radius 2 is 1.83 bits per heavy atom. The maximum atomic E-state index is 12.9. The van der Waals surface area contributed by atoms with Gasteiger partial charge in [-0.05, 0) is 51.3 Å². The van der Waals surface area contributed by atoms with Gasteiger partial charge in [-0.3, -0.25) is 4.79 Å². The van der Waals surface area contributed by atoms with Crippen molar-refractivity contribution in [3.05, 3.63) is 77.5 Å². The number of likely N-dealkylation sites (tertiary alicyclic amines) is 1. The maximum absolute atomic E-state index is 12.9. The zero-order valence-electron chi connectivity index (χ0n) is 18.1. The number of ketones is 1. The highest BCUT2D eigenvalue weighted by Crippen LogP contribution is 2.31. The van der Waals surface area contributed by atoms with Crippen LogP contribution >= 0.6 is 0 Å². The fraction of sp³-hybridized carbons (Fsp3) is 0.360. The lowest BCUT2D eigenvalue weighted by Gasteiger charge is -2.29. The van der Waals surface area contributed by atoms with Crippen LogP contribution in [0.3, 0.4) is 0 Å². The quantitative estimate of drug-likeness (QED) is 0.392. The van der Waals surface area contributed by atoms with E-state index in [1.165, 1.54) is 0 Å². The highest BCUT2D eigenvalue weighted by atomic mass is 16.6. The molecule has 2 aromatic rings. The van der Waals surface area contributed by atoms with Gasteiger partial charge in [-0.25, -0.2) is 4.79 Å². The Bertz CT molecular complexity index is 928. The first-order valence-electron chi connectivity index (χ1n) is 10.2. The molecule has 5 nitrogen and oxygen atoms in total. The summed E-state index contributed by atoms with van der Waals surface area (Å²) < 4.78 is 10.9. The van der Waals surface area contributed by atoms with Gasteiger partial charge in [0.2, 0.25) is 0 Å². The van der Waals surface area contributed by atoms with Gasteiger partial charge in [-0.15, -0.1) is 0 Å². The van der Waals surface area contributed by atoms with Crippen molar-refractivity contribution in [3.8, 4) is 5.75 Å². The summed E-state index contributed by atoms with van der Waals surface area (Å²) in [6, 6.07) is 16.6. The number of hydrogen-bond donors (Lipinski definition) is 0. The second kappa shape index (κ2) is 9.16. The van der Waals surface area contributed by atoms with Crippen LogP contribution in [-0.4, -0.2) is 35.4 Å². The van der Waals surface area contributed by atoms with E-state index in [-0.39, 0.29) is 11.8 Å². The van der Waals surface area contributed by atoms with E-state index in [0.29, 0.717) is 30.7 Å². The topological polar surface area (TPSA) is 55.8 Å². The number of ether oxygens (including phenoxy) is 2. The molecule has 158 valence electrons. The van der Waals surface area contributed by atoms with Crippen LogP contribution in [0.2, 0.25) is 0 Å². The number of carbonyl (C=O) groups is 2. The fourth-order valence-electron chi connectivity index (χ4n) is 3.56. The lowest BCUT2D eigenvalue weighted by atomic mass is 10.1. The van der Waals surface area contributed by atoms with Crippen molar-refractivity contribution in [1.82, 2.24) is 4.90 Å². The number of rotatable bonds is 6. The van der Waals surface area contributed by atoms with E-state index < -0.39 is 11.6 Å². The molecule has 30 heavy (non-hydrogen) atoms. The Morgan fingerprint density at radius 1 is 1.10 bits per heavy atom. The third-order valence-corrected chi connectivity index (χ3v) is 4.95. The smallest absolute Gasteiger partial charge is 0.329 e. The van der Waals surface area contributed by atoms with Crippen LogP contribution < -0.4 is 4.74 Å². The number of methoxy groups -OCH3 is 1. The number of hydrogen-bond acceptors (Lipinski definition) is 5. The van der Waals surface area contributed by atoms with Crippen molar-refractivity contribution in [2.24, 2.45) is 0 Å². The molecule has 1 heterocycles. The van der Waals surface area contributed by atoms with E-state index in [2.05, 4.69) is 0 Å². The Balaban J connectivity index is 1.88. The Hall–Kier alpha value is -3.08. The molecule has 1 aliphatic rings. The minimum Gasteiger partial charge on any atom is -0.497 e. The van der Waals surface area contributed by atoms with Gasteiger partial charge < -0.3 is 14.4 Å². The van der Waals surface area contributed by atoms with E-state index in [0.717, 1.165) is 11.3 Å². The normalized spacial score (nSPS) is 17.8. The molecule has 1 aliphatic heterocycles. The molecule has 1 saturated heterocycles. The summed E-state index contributed by atoms with van der Waals surface area (Å²) >= 11 is 0. The Kier molecular flexibility index (Phi) is 6.60. The summed E-state index contributed by atoms with van der Waals surface area (Å²) in [6.45, 7) is 6.14. The lowest BCUT2D eigenvalue weighted by Crippen LogP contribution is -2.39. The molecule has 5 heteroatoms. The molecule has 1 fully saturated rings. The van der Waals surface area contributed by atoms with E-state index in [4.69, 9.17) is 9.47 Å². The lowest BCUT2D eigenvalue weighted by molar-refractivity contribution is -0.160. The zero-order chi connectivity index (χ0) is 21.7. The molecule has 0 N–H and O–H groups in total. The number of carbonyl (C=O) groups excluding carboxylic acids is 2. The van der Waals surface area contributed by atoms with Crippen LogP contribution in [0.25, 0.3) is 0 Å². The molecule has 0 aliphatic carbocycles. The van der Waals surface area contributed by atoms with Crippen LogP contribution in [-0.2, 0) is 16.1 Å². The number of benzene rings is 2. The third-order valence-electron chi connectivity index (χ3n) is 4.95. The summed E-state index contributed by atoms with van der Waals surface area (Å²) in [5.74, 6) is 0.279. The number of esters is 1. The first kappa shape index (κ1) is 21.6. The number of allylic oxidation sites excluding steroid dienone is 2. The molecule has 3 rings (SSSR count). The molecule has 2 aromatic carbocycles. The Morgan fingerprint density at radius 3 is 2.50 bits per heavy atom. The van der Waals surface area contributed by atoms with Gasteiger partial charge in [-0.1, -0.05) is 42.5 Å². The molecule has 0 bridgehead atoms. The summed E-state index contributed by atoms with van der Waals surface area (Å²) in [5.41, 5.74) is 1.93. The molecule has 0 unspecified atom stereocenters. The van der Waals surface area contributed by atoms with Gasteiger partial charge in [0.05, 0.1) is 7.11 Å². The predicted molar refractivity (Wildman–Crippen MR) is 116 cm³/mol. The van der Waals surface area contributed by atoms with Crippen LogP contribution in [0, 0.1) is 0 Å². The highest BCUT2D eigenvalue weighted by molar-refractivity contribution is 6.05. The summed E-state index contributed by atoms with van der Waals surface area (Å²) in [4.78, 5) is 27.8. The van der Waals surface area contributed by atoms with Crippen molar-refractivity contribution in [3.63, 3.8) is 0 Å². The van der Waals surface area contributed by atoms with Gasteiger partial charge >= 0.3 is 5.97 Å². The van der Waals surface area contributed by atoms with Crippen LogP contribution in [0.15, 0.2) is 66.4 Å². The average molecular weight is 408 g/mol. The molecule has 0 amide bonds. The predicted octanol–water partition coefficient (Wildman–Crippen LogP) is 4.77. The minimum absolute atomic E-state index is 0.105. The SMILES string of the molecule is COc1cccc(C(=O)/C=C2\CC[C@H](C(=O)OC(C)(C)C)N2Cc2ccccc2)c1. The maximum Gasteiger partial charge on any atom is 0.329 e. The van der Waals surface area contributed by atoms with Gasteiger partial charge in [-0.2, -0.15) is 0 Å². The summed E-state index contributed by atoms with van der Waals surface area (Å²) in [7, 11) is 1.58. The van der Waals surface area contributed by atoms with E-state index in [1.807, 2.05) is 56.0 Å². The van der Waals surface area contributed by atoms with Crippen molar-refractivity contribution in [1.29, 1.82) is 0 Å². The summed E-state index contributed by atoms with van der Waals surface area (Å²) in [6.07, 6.45) is 2.91. The summed E-state index contributed by atoms with van der Waals surface area (Å²) in [5, 5.41) is 0.